The maximum absolute atomic E-state index is 12.2. The summed E-state index contributed by atoms with van der Waals surface area (Å²) >= 11 is 0. The van der Waals surface area contributed by atoms with Crippen LogP contribution in [-0.4, -0.2) is 29.6 Å². The Morgan fingerprint density at radius 2 is 1.93 bits per heavy atom. The van der Waals surface area contributed by atoms with Crippen molar-refractivity contribution in [2.45, 2.75) is 90.4 Å². The van der Waals surface area contributed by atoms with Gasteiger partial charge in [-0.1, -0.05) is 19.9 Å². The number of rotatable bonds is 2. The number of epoxide rings is 1. The molecule has 0 bridgehead atoms. The van der Waals surface area contributed by atoms with E-state index < -0.39 is 0 Å². The SMILES string of the molecule is CC(=O)O[C@H]1CC[C@]2(C)[C@@H]3CC[C@]4(C)C(C(C)=O)=CC[C@@H]4[C@H]3C[C@@H]3O[C@@]32C1. The van der Waals surface area contributed by atoms with Gasteiger partial charge < -0.3 is 9.47 Å². The van der Waals surface area contributed by atoms with E-state index in [4.69, 9.17) is 9.47 Å². The fraction of sp³-hybridized carbons (Fsp3) is 0.826. The second-order valence-electron chi connectivity index (χ2n) is 10.4. The maximum Gasteiger partial charge on any atom is 0.302 e. The van der Waals surface area contributed by atoms with Crippen LogP contribution in [0.25, 0.3) is 0 Å². The molecular formula is C23H32O4. The molecule has 3 saturated carbocycles. The standard InChI is InChI=1S/C23H32O4/c1-13(24)17-5-6-18-16-11-20-23(27-20)12-15(26-14(2)25)7-10-22(23,4)19(16)8-9-21(17,18)3/h5,15-16,18-20H,6-12H2,1-4H3/t15-,16+,18+,19+,20-,21+,22+,23-/m0/s1. The first-order valence-corrected chi connectivity index (χ1v) is 10.8. The molecule has 0 aromatic rings. The van der Waals surface area contributed by atoms with Crippen LogP contribution < -0.4 is 0 Å². The fourth-order valence-electron chi connectivity index (χ4n) is 8.09. The van der Waals surface area contributed by atoms with Crippen molar-refractivity contribution in [3.05, 3.63) is 11.6 Å². The van der Waals surface area contributed by atoms with Gasteiger partial charge in [-0.15, -0.1) is 0 Å². The minimum absolute atomic E-state index is 0.0171. The first-order valence-electron chi connectivity index (χ1n) is 10.8. The van der Waals surface area contributed by atoms with Crippen molar-refractivity contribution in [2.75, 3.05) is 0 Å². The zero-order valence-corrected chi connectivity index (χ0v) is 17.0. The lowest BCUT2D eigenvalue weighted by molar-refractivity contribution is -0.156. The molecule has 4 nitrogen and oxygen atoms in total. The third kappa shape index (κ3) is 2.19. The van der Waals surface area contributed by atoms with Crippen LogP contribution in [0, 0.1) is 28.6 Å². The highest BCUT2D eigenvalue weighted by Crippen LogP contribution is 2.73. The van der Waals surface area contributed by atoms with Gasteiger partial charge in [0, 0.05) is 18.8 Å². The van der Waals surface area contributed by atoms with E-state index in [2.05, 4.69) is 19.9 Å². The second kappa shape index (κ2) is 5.46. The Morgan fingerprint density at radius 3 is 2.63 bits per heavy atom. The number of allylic oxidation sites excluding steroid dienone is 2. The van der Waals surface area contributed by atoms with Crippen LogP contribution in [0.5, 0.6) is 0 Å². The van der Waals surface area contributed by atoms with Crippen molar-refractivity contribution in [3.63, 3.8) is 0 Å². The van der Waals surface area contributed by atoms with Crippen LogP contribution in [0.1, 0.15) is 72.6 Å². The Hall–Kier alpha value is -1.16. The summed E-state index contributed by atoms with van der Waals surface area (Å²) < 4.78 is 12.0. The molecule has 5 aliphatic rings. The summed E-state index contributed by atoms with van der Waals surface area (Å²) in [5.41, 5.74) is 1.25. The van der Waals surface area contributed by atoms with Crippen LogP contribution in [-0.2, 0) is 19.1 Å². The van der Waals surface area contributed by atoms with E-state index in [1.807, 2.05) is 0 Å². The van der Waals surface area contributed by atoms with Crippen LogP contribution in [0.15, 0.2) is 11.6 Å². The highest BCUT2D eigenvalue weighted by molar-refractivity contribution is 5.95. The number of Topliss-reactive ketones (excluding diaryl/α,β-unsaturated/α-hetero) is 1. The largest absolute Gasteiger partial charge is 0.462 e. The van der Waals surface area contributed by atoms with Gasteiger partial charge in [0.05, 0.1) is 6.10 Å². The molecule has 5 rings (SSSR count). The number of carbonyl (C=O) groups excluding carboxylic acids is 2. The van der Waals surface area contributed by atoms with Crippen LogP contribution in [0.2, 0.25) is 0 Å². The molecule has 0 unspecified atom stereocenters. The van der Waals surface area contributed by atoms with Gasteiger partial charge in [-0.05, 0) is 74.2 Å². The maximum atomic E-state index is 12.2. The lowest BCUT2D eigenvalue weighted by atomic mass is 9.44. The summed E-state index contributed by atoms with van der Waals surface area (Å²) in [6.07, 6.45) is 9.96. The molecule has 8 atom stereocenters. The number of carbonyl (C=O) groups is 2. The average Bonchev–Trinajstić information content (AvgIpc) is 3.15. The van der Waals surface area contributed by atoms with Crippen molar-refractivity contribution < 1.29 is 19.1 Å². The van der Waals surface area contributed by atoms with E-state index in [-0.39, 0.29) is 34.3 Å². The first-order chi connectivity index (χ1) is 12.7. The number of ether oxygens (including phenoxy) is 2. The summed E-state index contributed by atoms with van der Waals surface area (Å²) in [6, 6.07) is 0. The summed E-state index contributed by atoms with van der Waals surface area (Å²) in [5.74, 6) is 1.98. The Balaban J connectivity index is 1.43. The molecule has 0 amide bonds. The normalized spacial score (nSPS) is 52.6. The smallest absolute Gasteiger partial charge is 0.302 e. The third-order valence-electron chi connectivity index (χ3n) is 9.33. The summed E-state index contributed by atoms with van der Waals surface area (Å²) in [5, 5.41) is 0. The number of hydrogen-bond acceptors (Lipinski definition) is 4. The molecule has 27 heavy (non-hydrogen) atoms. The zero-order valence-electron chi connectivity index (χ0n) is 17.0. The molecule has 4 heteroatoms. The number of ketones is 1. The van der Waals surface area contributed by atoms with E-state index in [1.54, 1.807) is 6.92 Å². The molecule has 4 fully saturated rings. The van der Waals surface area contributed by atoms with Gasteiger partial charge >= 0.3 is 5.97 Å². The van der Waals surface area contributed by atoms with Crippen molar-refractivity contribution in [1.82, 2.24) is 0 Å². The Morgan fingerprint density at radius 1 is 1.15 bits per heavy atom. The molecule has 1 heterocycles. The van der Waals surface area contributed by atoms with Crippen molar-refractivity contribution in [3.8, 4) is 0 Å². The number of fused-ring (bicyclic) bond motifs is 4. The number of esters is 1. The quantitative estimate of drug-likeness (QED) is 0.538. The predicted octanol–water partition coefficient (Wildman–Crippen LogP) is 4.22. The van der Waals surface area contributed by atoms with E-state index in [0.29, 0.717) is 23.9 Å². The van der Waals surface area contributed by atoms with E-state index in [9.17, 15) is 9.59 Å². The van der Waals surface area contributed by atoms with Gasteiger partial charge in [0.2, 0.25) is 0 Å². The van der Waals surface area contributed by atoms with Gasteiger partial charge in [0.25, 0.3) is 0 Å². The Kier molecular flexibility index (Phi) is 3.62. The van der Waals surface area contributed by atoms with Gasteiger partial charge in [-0.2, -0.15) is 0 Å². The van der Waals surface area contributed by atoms with E-state index >= 15 is 0 Å². The minimum Gasteiger partial charge on any atom is -0.462 e. The monoisotopic (exact) mass is 372 g/mol. The summed E-state index contributed by atoms with van der Waals surface area (Å²) in [6.45, 7) is 8.03. The summed E-state index contributed by atoms with van der Waals surface area (Å²) in [4.78, 5) is 23.7. The average molecular weight is 373 g/mol. The van der Waals surface area contributed by atoms with Crippen LogP contribution >= 0.6 is 0 Å². The lowest BCUT2D eigenvalue weighted by Gasteiger charge is -2.59. The lowest BCUT2D eigenvalue weighted by Crippen LogP contribution is -2.58. The molecule has 0 aromatic heterocycles. The van der Waals surface area contributed by atoms with Crippen LogP contribution in [0.4, 0.5) is 0 Å². The molecule has 148 valence electrons. The molecular weight excluding hydrogens is 340 g/mol. The van der Waals surface area contributed by atoms with Crippen molar-refractivity contribution in [1.29, 1.82) is 0 Å². The van der Waals surface area contributed by atoms with Gasteiger partial charge in [-0.25, -0.2) is 0 Å². The fourth-order valence-corrected chi connectivity index (χ4v) is 8.09. The van der Waals surface area contributed by atoms with Crippen LogP contribution in [0.3, 0.4) is 0 Å². The summed E-state index contributed by atoms with van der Waals surface area (Å²) in [7, 11) is 0. The highest BCUT2D eigenvalue weighted by atomic mass is 16.6. The Labute approximate surface area is 162 Å². The third-order valence-corrected chi connectivity index (χ3v) is 9.33. The van der Waals surface area contributed by atoms with Gasteiger partial charge in [-0.3, -0.25) is 9.59 Å². The molecule has 1 aliphatic heterocycles. The zero-order chi connectivity index (χ0) is 19.2. The predicted molar refractivity (Wildman–Crippen MR) is 101 cm³/mol. The van der Waals surface area contributed by atoms with Gasteiger partial charge in [0.1, 0.15) is 11.7 Å². The van der Waals surface area contributed by atoms with Gasteiger partial charge in [0.15, 0.2) is 5.78 Å². The van der Waals surface area contributed by atoms with Crippen molar-refractivity contribution in [2.24, 2.45) is 28.6 Å². The topological polar surface area (TPSA) is 55.9 Å². The second-order valence-corrected chi connectivity index (χ2v) is 10.4. The Bertz CT molecular complexity index is 741. The highest BCUT2D eigenvalue weighted by Gasteiger charge is 2.76. The van der Waals surface area contributed by atoms with E-state index in [0.717, 1.165) is 44.1 Å². The number of hydrogen-bond donors (Lipinski definition) is 0. The van der Waals surface area contributed by atoms with Crippen molar-refractivity contribution >= 4 is 11.8 Å². The first kappa shape index (κ1) is 17.9. The molecule has 0 radical (unpaired) electrons. The molecule has 1 spiro atoms. The minimum atomic E-state index is -0.173. The molecule has 4 aliphatic carbocycles. The molecule has 0 N–H and O–H groups in total. The molecule has 0 aromatic carbocycles. The molecule has 1 saturated heterocycles. The van der Waals surface area contributed by atoms with E-state index in [1.165, 1.54) is 13.3 Å².